The third kappa shape index (κ3) is 5.14. The van der Waals surface area contributed by atoms with Crippen LogP contribution in [-0.2, 0) is 16.1 Å². The largest absolute Gasteiger partial charge is 0.506 e. The van der Waals surface area contributed by atoms with Crippen molar-refractivity contribution in [1.82, 2.24) is 9.78 Å². The van der Waals surface area contributed by atoms with Gasteiger partial charge >= 0.3 is 5.97 Å². The number of ether oxygens (including phenoxy) is 2. The van der Waals surface area contributed by atoms with Crippen LogP contribution in [0.15, 0.2) is 77.4 Å². The summed E-state index contributed by atoms with van der Waals surface area (Å²) in [4.78, 5) is 16.8. The molecule has 30 heavy (non-hydrogen) atoms. The normalized spacial score (nSPS) is 11.9. The molecule has 0 unspecified atom stereocenters. The average Bonchev–Trinajstić information content (AvgIpc) is 3.22. The molecule has 0 atom stereocenters. The number of rotatable bonds is 8. The van der Waals surface area contributed by atoms with E-state index < -0.39 is 5.97 Å². The Balaban J connectivity index is 1.88. The predicted molar refractivity (Wildman–Crippen MR) is 115 cm³/mol. The quantitative estimate of drug-likeness (QED) is 0.263. The Labute approximate surface area is 174 Å². The van der Waals surface area contributed by atoms with Gasteiger partial charge in [-0.05, 0) is 24.6 Å². The van der Waals surface area contributed by atoms with Crippen LogP contribution in [0, 0.1) is 0 Å². The molecule has 0 bridgehead atoms. The standard InChI is InChI=1S/C23H23N3O4/c1-3-30-23(28)20(22(27)18-7-5-4-6-8-18)15-24-21-13-14-25-26(21)16-17-9-11-19(29-2)12-10-17/h4-15,27H,3,16H2,1-2H3. The van der Waals surface area contributed by atoms with Crippen LogP contribution in [-0.4, -0.2) is 40.8 Å². The molecule has 7 heteroatoms. The van der Waals surface area contributed by atoms with Crippen molar-refractivity contribution in [2.24, 2.45) is 4.99 Å². The van der Waals surface area contributed by atoms with Gasteiger partial charge < -0.3 is 14.6 Å². The number of esters is 1. The highest BCUT2D eigenvalue weighted by atomic mass is 16.5. The number of carbonyl (C=O) groups is 1. The average molecular weight is 405 g/mol. The van der Waals surface area contributed by atoms with Gasteiger partial charge in [-0.1, -0.05) is 42.5 Å². The van der Waals surface area contributed by atoms with E-state index in [2.05, 4.69) is 10.1 Å². The number of carbonyl (C=O) groups excluding carboxylic acids is 1. The number of hydrogen-bond donors (Lipinski definition) is 1. The molecule has 0 aliphatic carbocycles. The molecule has 2 aromatic carbocycles. The predicted octanol–water partition coefficient (Wildman–Crippen LogP) is 4.17. The van der Waals surface area contributed by atoms with Crippen LogP contribution in [0.2, 0.25) is 0 Å². The minimum absolute atomic E-state index is 0.0275. The first kappa shape index (κ1) is 20.9. The minimum atomic E-state index is -0.649. The summed E-state index contributed by atoms with van der Waals surface area (Å²) in [5, 5.41) is 14.9. The second-order valence-electron chi connectivity index (χ2n) is 6.30. The molecule has 7 nitrogen and oxygen atoms in total. The zero-order chi connectivity index (χ0) is 21.3. The third-order valence-electron chi connectivity index (χ3n) is 4.31. The number of aliphatic imine (C=N–C) groups is 1. The Morgan fingerprint density at radius 2 is 1.87 bits per heavy atom. The lowest BCUT2D eigenvalue weighted by molar-refractivity contribution is -0.137. The van der Waals surface area contributed by atoms with E-state index in [0.29, 0.717) is 17.9 Å². The van der Waals surface area contributed by atoms with Gasteiger partial charge in [0, 0.05) is 17.8 Å². The van der Waals surface area contributed by atoms with Crippen molar-refractivity contribution < 1.29 is 19.4 Å². The molecule has 0 aliphatic rings. The van der Waals surface area contributed by atoms with E-state index in [1.165, 1.54) is 6.21 Å². The van der Waals surface area contributed by atoms with Gasteiger partial charge in [-0.25, -0.2) is 14.5 Å². The molecule has 1 N–H and O–H groups in total. The summed E-state index contributed by atoms with van der Waals surface area (Å²) in [7, 11) is 1.62. The summed E-state index contributed by atoms with van der Waals surface area (Å²) in [6, 6.07) is 18.1. The van der Waals surface area contributed by atoms with Crippen molar-refractivity contribution in [3.05, 3.63) is 83.6 Å². The molecule has 154 valence electrons. The van der Waals surface area contributed by atoms with Gasteiger partial charge in [-0.2, -0.15) is 5.10 Å². The van der Waals surface area contributed by atoms with Gasteiger partial charge in [0.2, 0.25) is 0 Å². The van der Waals surface area contributed by atoms with Gasteiger partial charge in [0.15, 0.2) is 5.82 Å². The molecule has 1 aromatic heterocycles. The van der Waals surface area contributed by atoms with Crippen LogP contribution in [0.3, 0.4) is 0 Å². The first-order valence-corrected chi connectivity index (χ1v) is 9.47. The minimum Gasteiger partial charge on any atom is -0.506 e. The molecule has 0 fully saturated rings. The summed E-state index contributed by atoms with van der Waals surface area (Å²) in [5.41, 5.74) is 1.49. The Morgan fingerprint density at radius 1 is 1.13 bits per heavy atom. The fourth-order valence-corrected chi connectivity index (χ4v) is 2.76. The first-order valence-electron chi connectivity index (χ1n) is 9.47. The highest BCUT2D eigenvalue weighted by Gasteiger charge is 2.16. The number of aliphatic hydroxyl groups is 1. The smallest absolute Gasteiger partial charge is 0.343 e. The molecule has 0 radical (unpaired) electrons. The second kappa shape index (κ2) is 10.1. The highest BCUT2D eigenvalue weighted by Crippen LogP contribution is 2.19. The van der Waals surface area contributed by atoms with Crippen LogP contribution >= 0.6 is 0 Å². The zero-order valence-corrected chi connectivity index (χ0v) is 16.9. The Bertz CT molecular complexity index is 1040. The summed E-state index contributed by atoms with van der Waals surface area (Å²) in [6.07, 6.45) is 2.93. The van der Waals surface area contributed by atoms with Crippen molar-refractivity contribution in [3.63, 3.8) is 0 Å². The maximum atomic E-state index is 12.4. The van der Waals surface area contributed by atoms with E-state index in [1.807, 2.05) is 30.3 Å². The van der Waals surface area contributed by atoms with Crippen molar-refractivity contribution in [2.45, 2.75) is 13.5 Å². The Morgan fingerprint density at radius 3 is 2.53 bits per heavy atom. The lowest BCUT2D eigenvalue weighted by Gasteiger charge is -2.08. The molecule has 0 amide bonds. The van der Waals surface area contributed by atoms with Gasteiger partial charge in [0.25, 0.3) is 0 Å². The molecule has 0 saturated heterocycles. The zero-order valence-electron chi connectivity index (χ0n) is 16.9. The molecule has 3 rings (SSSR count). The van der Waals surface area contributed by atoms with Crippen LogP contribution < -0.4 is 4.74 Å². The molecule has 0 saturated carbocycles. The lowest BCUT2D eigenvalue weighted by atomic mass is 10.1. The molecule has 0 aliphatic heterocycles. The molecule has 0 spiro atoms. The summed E-state index contributed by atoms with van der Waals surface area (Å²) < 4.78 is 12.0. The highest BCUT2D eigenvalue weighted by molar-refractivity contribution is 6.15. The second-order valence-corrected chi connectivity index (χ2v) is 6.30. The molecule has 3 aromatic rings. The van der Waals surface area contributed by atoms with Crippen molar-refractivity contribution in [1.29, 1.82) is 0 Å². The number of aliphatic hydroxyl groups excluding tert-OH is 1. The number of benzene rings is 2. The molecule has 1 heterocycles. The van der Waals surface area contributed by atoms with E-state index >= 15 is 0 Å². The van der Waals surface area contributed by atoms with E-state index in [9.17, 15) is 9.90 Å². The molecular formula is C23H23N3O4. The summed E-state index contributed by atoms with van der Waals surface area (Å²) in [6.45, 7) is 2.39. The number of aromatic nitrogens is 2. The number of nitrogens with zero attached hydrogens (tertiary/aromatic N) is 3. The fourth-order valence-electron chi connectivity index (χ4n) is 2.76. The third-order valence-corrected chi connectivity index (χ3v) is 4.31. The van der Waals surface area contributed by atoms with Gasteiger partial charge in [0.05, 0.1) is 26.5 Å². The van der Waals surface area contributed by atoms with Crippen LogP contribution in [0.4, 0.5) is 5.82 Å². The Hall–Kier alpha value is -3.87. The summed E-state index contributed by atoms with van der Waals surface area (Å²) >= 11 is 0. The van der Waals surface area contributed by atoms with E-state index in [4.69, 9.17) is 9.47 Å². The van der Waals surface area contributed by atoms with E-state index in [0.717, 1.165) is 11.3 Å². The SMILES string of the molecule is CCOC(=O)C(C=Nc1ccnn1Cc1ccc(OC)cc1)=C(O)c1ccccc1. The first-order chi connectivity index (χ1) is 14.6. The monoisotopic (exact) mass is 405 g/mol. The van der Waals surface area contributed by atoms with E-state index in [-0.39, 0.29) is 17.9 Å². The Kier molecular flexibility index (Phi) is 7.00. The topological polar surface area (TPSA) is 85.9 Å². The van der Waals surface area contributed by atoms with Crippen LogP contribution in [0.5, 0.6) is 5.75 Å². The van der Waals surface area contributed by atoms with Crippen molar-refractivity contribution >= 4 is 23.8 Å². The number of hydrogen-bond acceptors (Lipinski definition) is 6. The summed E-state index contributed by atoms with van der Waals surface area (Å²) in [5.74, 6) is 0.467. The fraction of sp³-hybridized carbons (Fsp3) is 0.174. The van der Waals surface area contributed by atoms with Crippen LogP contribution in [0.1, 0.15) is 18.1 Å². The van der Waals surface area contributed by atoms with Crippen LogP contribution in [0.25, 0.3) is 5.76 Å². The van der Waals surface area contributed by atoms with E-state index in [1.54, 1.807) is 55.2 Å². The van der Waals surface area contributed by atoms with Crippen molar-refractivity contribution in [2.75, 3.05) is 13.7 Å². The lowest BCUT2D eigenvalue weighted by Crippen LogP contribution is -2.11. The maximum Gasteiger partial charge on any atom is 0.343 e. The number of methoxy groups -OCH3 is 1. The van der Waals surface area contributed by atoms with Gasteiger partial charge in [-0.3, -0.25) is 0 Å². The molecular weight excluding hydrogens is 382 g/mol. The van der Waals surface area contributed by atoms with Crippen molar-refractivity contribution in [3.8, 4) is 5.75 Å². The van der Waals surface area contributed by atoms with Gasteiger partial charge in [-0.15, -0.1) is 0 Å². The maximum absolute atomic E-state index is 12.4. The van der Waals surface area contributed by atoms with Gasteiger partial charge in [0.1, 0.15) is 17.1 Å².